The fourth-order valence-corrected chi connectivity index (χ4v) is 4.82. The molecule has 37 heavy (non-hydrogen) atoms. The first kappa shape index (κ1) is 22.7. The van der Waals surface area contributed by atoms with Crippen LogP contribution in [0.4, 0.5) is 17.6 Å². The van der Waals surface area contributed by atoms with Crippen molar-refractivity contribution in [3.8, 4) is 17.0 Å². The summed E-state index contributed by atoms with van der Waals surface area (Å²) in [5.41, 5.74) is 1.20. The third kappa shape index (κ3) is 4.13. The zero-order valence-electron chi connectivity index (χ0n) is 20.8. The van der Waals surface area contributed by atoms with Crippen LogP contribution in [0, 0.1) is 5.82 Å². The molecule has 0 amide bonds. The standard InChI is InChI=1S/C23H24F4N8O2/c1-36-21-20-19(13-2-3-16-17(8-13)34(7-5-24)32-30-16)15(25)9-35(20)31-22(29-21)28-18-4-6-33(12-23(18,26)27)14-10-37-11-14/h2-3,8-9,14,18H,4-7,10-12H2,1H3,(H,28,31)/i9D. The van der Waals surface area contributed by atoms with E-state index in [4.69, 9.17) is 10.8 Å². The Morgan fingerprint density at radius 3 is 2.89 bits per heavy atom. The number of halogens is 4. The Kier molecular flexibility index (Phi) is 5.57. The maximum absolute atomic E-state index is 15.5. The number of fused-ring (bicyclic) bond motifs is 2. The maximum Gasteiger partial charge on any atom is 0.282 e. The molecule has 2 fully saturated rings. The zero-order valence-corrected chi connectivity index (χ0v) is 19.8. The number of benzene rings is 1. The van der Waals surface area contributed by atoms with E-state index in [0.29, 0.717) is 36.4 Å². The van der Waals surface area contributed by atoms with Crippen LogP contribution in [-0.2, 0) is 11.3 Å². The van der Waals surface area contributed by atoms with Crippen LogP contribution in [0.1, 0.15) is 7.79 Å². The number of hydrogen-bond acceptors (Lipinski definition) is 7. The highest BCUT2D eigenvalue weighted by Crippen LogP contribution is 2.35. The number of likely N-dealkylation sites (tertiary alicyclic amines) is 1. The minimum atomic E-state index is -3.12. The summed E-state index contributed by atoms with van der Waals surface area (Å²) in [6.45, 7) is 0.183. The molecular formula is C23H24F4N8O2. The van der Waals surface area contributed by atoms with Gasteiger partial charge < -0.3 is 9.47 Å². The van der Waals surface area contributed by atoms with Gasteiger partial charge in [-0.05, 0) is 24.1 Å². The van der Waals surface area contributed by atoms with E-state index in [1.807, 2.05) is 0 Å². The van der Waals surface area contributed by atoms with Gasteiger partial charge in [0, 0.05) is 6.54 Å². The van der Waals surface area contributed by atoms with Crippen molar-refractivity contribution in [1.82, 2.24) is 34.5 Å². The van der Waals surface area contributed by atoms with Crippen LogP contribution in [-0.4, -0.2) is 92.6 Å². The van der Waals surface area contributed by atoms with E-state index in [1.165, 1.54) is 11.8 Å². The van der Waals surface area contributed by atoms with Crippen LogP contribution in [0.2, 0.25) is 0 Å². The molecule has 3 aromatic heterocycles. The minimum absolute atomic E-state index is 0.00148. The normalized spacial score (nSPS) is 21.5. The van der Waals surface area contributed by atoms with Gasteiger partial charge >= 0.3 is 0 Å². The molecule has 0 aliphatic carbocycles. The van der Waals surface area contributed by atoms with E-state index in [2.05, 4.69) is 25.4 Å². The summed E-state index contributed by atoms with van der Waals surface area (Å²) in [7, 11) is 1.31. The summed E-state index contributed by atoms with van der Waals surface area (Å²) in [4.78, 5) is 10.1. The van der Waals surface area contributed by atoms with Gasteiger partial charge in [-0.3, -0.25) is 14.5 Å². The second-order valence-corrected chi connectivity index (χ2v) is 9.10. The van der Waals surface area contributed by atoms with Crippen LogP contribution in [0.15, 0.2) is 29.4 Å². The van der Waals surface area contributed by atoms with Crippen LogP contribution >= 0.6 is 0 Å². The predicted molar refractivity (Wildman–Crippen MR) is 124 cm³/mol. The van der Waals surface area contributed by atoms with Gasteiger partial charge in [0.25, 0.3) is 5.92 Å². The second kappa shape index (κ2) is 9.10. The van der Waals surface area contributed by atoms with Gasteiger partial charge in [0.05, 0.1) is 58.1 Å². The van der Waals surface area contributed by atoms with Crippen LogP contribution in [0.5, 0.6) is 5.88 Å². The van der Waals surface area contributed by atoms with Crippen molar-refractivity contribution >= 4 is 16.6 Å². The fourth-order valence-electron chi connectivity index (χ4n) is 4.82. The molecule has 196 valence electrons. The van der Waals surface area contributed by atoms with Gasteiger partial charge in [0.1, 0.15) is 23.7 Å². The molecule has 2 saturated heterocycles. The van der Waals surface area contributed by atoms with Crippen LogP contribution in [0.25, 0.3) is 27.7 Å². The number of aryl methyl sites for hydroxylation is 1. The number of alkyl halides is 3. The van der Waals surface area contributed by atoms with Crippen LogP contribution in [0.3, 0.4) is 0 Å². The number of methoxy groups -OCH3 is 1. The average molecular weight is 521 g/mol. The molecule has 4 aromatic rings. The van der Waals surface area contributed by atoms with Gasteiger partial charge in [-0.15, -0.1) is 5.10 Å². The molecule has 1 atom stereocenters. The predicted octanol–water partition coefficient (Wildman–Crippen LogP) is 2.20. The van der Waals surface area contributed by atoms with E-state index in [9.17, 15) is 13.2 Å². The molecule has 10 nitrogen and oxygen atoms in total. The van der Waals surface area contributed by atoms with Crippen molar-refractivity contribution < 1.29 is 28.4 Å². The highest BCUT2D eigenvalue weighted by molar-refractivity contribution is 5.89. The number of nitrogens with one attached hydrogen (secondary N) is 1. The van der Waals surface area contributed by atoms with Crippen molar-refractivity contribution in [3.63, 3.8) is 0 Å². The smallest absolute Gasteiger partial charge is 0.282 e. The Bertz CT molecular complexity index is 1580. The third-order valence-corrected chi connectivity index (χ3v) is 6.81. The number of aromatic nitrogens is 6. The van der Waals surface area contributed by atoms with E-state index in [-0.39, 0.29) is 41.6 Å². The van der Waals surface area contributed by atoms with Crippen molar-refractivity contribution in [1.29, 1.82) is 0 Å². The Hall–Kier alpha value is -3.52. The molecule has 6 rings (SSSR count). The molecule has 5 heterocycles. The second-order valence-electron chi connectivity index (χ2n) is 9.10. The Balaban J connectivity index is 1.43. The van der Waals surface area contributed by atoms with Crippen LogP contribution < -0.4 is 10.4 Å². The summed E-state index contributed by atoms with van der Waals surface area (Å²) in [6.07, 6.45) is -0.465. The molecule has 1 unspecified atom stereocenters. The van der Waals surface area contributed by atoms with Crippen molar-refractivity contribution in [2.45, 2.75) is 31.0 Å². The lowest BCUT2D eigenvalue weighted by Crippen LogP contribution is -2.59. The first-order chi connectivity index (χ1) is 18.3. The van der Waals surface area contributed by atoms with Gasteiger partial charge in [0.2, 0.25) is 11.5 Å². The van der Waals surface area contributed by atoms with E-state index >= 15 is 4.39 Å². The molecule has 0 bridgehead atoms. The van der Waals surface area contributed by atoms with Gasteiger partial charge in [-0.2, -0.15) is 4.98 Å². The summed E-state index contributed by atoms with van der Waals surface area (Å²) >= 11 is 0. The molecule has 1 aromatic carbocycles. The number of piperidine rings is 1. The Morgan fingerprint density at radius 2 is 2.19 bits per heavy atom. The van der Waals surface area contributed by atoms with E-state index in [0.717, 1.165) is 4.52 Å². The largest absolute Gasteiger partial charge is 0.479 e. The Labute approximate surface area is 208 Å². The lowest BCUT2D eigenvalue weighted by atomic mass is 9.99. The number of nitrogens with zero attached hydrogens (tertiary/aromatic N) is 7. The van der Waals surface area contributed by atoms with Gasteiger partial charge in [0.15, 0.2) is 5.82 Å². The number of ether oxygens (including phenoxy) is 2. The molecule has 0 radical (unpaired) electrons. The van der Waals surface area contributed by atoms with E-state index < -0.39 is 37.2 Å². The Morgan fingerprint density at radius 1 is 1.35 bits per heavy atom. The van der Waals surface area contributed by atoms with Crippen molar-refractivity contribution in [2.24, 2.45) is 4.99 Å². The SMILES string of the molecule is [2H]c1c(F)c(-c2ccc3nnn(CCF)c3c2)c2c(OC)nc(=NC3CCN(C4COC4)CC3(F)F)[nH]n12. The lowest BCUT2D eigenvalue weighted by molar-refractivity contribution is -0.134. The number of aromatic amines is 1. The lowest BCUT2D eigenvalue weighted by Gasteiger charge is -2.43. The highest BCUT2D eigenvalue weighted by Gasteiger charge is 2.47. The molecule has 14 heteroatoms. The highest BCUT2D eigenvalue weighted by atomic mass is 19.3. The third-order valence-electron chi connectivity index (χ3n) is 6.81. The molecule has 2 aliphatic heterocycles. The number of hydrogen-bond donors (Lipinski definition) is 1. The molecule has 0 spiro atoms. The van der Waals surface area contributed by atoms with Crippen molar-refractivity contribution in [3.05, 3.63) is 35.8 Å². The number of H-pyrrole nitrogens is 1. The van der Waals surface area contributed by atoms with Gasteiger partial charge in [-0.1, -0.05) is 11.3 Å². The average Bonchev–Trinajstić information content (AvgIpc) is 3.37. The van der Waals surface area contributed by atoms with E-state index in [1.54, 1.807) is 23.1 Å². The summed E-state index contributed by atoms with van der Waals surface area (Å²) in [5, 5.41) is 10.6. The van der Waals surface area contributed by atoms with Crippen molar-refractivity contribution in [2.75, 3.05) is 40.1 Å². The quantitative estimate of drug-likeness (QED) is 0.391. The first-order valence-electron chi connectivity index (χ1n) is 12.3. The number of rotatable bonds is 6. The molecule has 2 aliphatic rings. The zero-order chi connectivity index (χ0) is 26.6. The monoisotopic (exact) mass is 521 g/mol. The minimum Gasteiger partial charge on any atom is -0.479 e. The summed E-state index contributed by atoms with van der Waals surface area (Å²) in [5.74, 6) is -4.10. The summed E-state index contributed by atoms with van der Waals surface area (Å²) in [6, 6.07) is 3.41. The topological polar surface area (TPSA) is 97.9 Å². The van der Waals surface area contributed by atoms with Gasteiger partial charge in [-0.25, -0.2) is 27.2 Å². The maximum atomic E-state index is 15.5. The summed E-state index contributed by atoms with van der Waals surface area (Å²) < 4.78 is 79.7. The molecular weight excluding hydrogens is 496 g/mol. The molecule has 1 N–H and O–H groups in total. The first-order valence-corrected chi connectivity index (χ1v) is 11.8. The fraction of sp³-hybridized carbons (Fsp3) is 0.478. The molecule has 0 saturated carbocycles.